The Morgan fingerprint density at radius 2 is 1.69 bits per heavy atom. The van der Waals surface area contributed by atoms with E-state index >= 15 is 0 Å². The molecule has 4 aromatic rings. The number of aromatic nitrogens is 1. The van der Waals surface area contributed by atoms with E-state index in [4.69, 9.17) is 0 Å². The first-order valence-electron chi connectivity index (χ1n) is 14.8. The number of nitro groups is 1. The van der Waals surface area contributed by atoms with Crippen LogP contribution in [0.5, 0.6) is 0 Å². The Labute approximate surface area is 281 Å². The molecule has 1 aromatic heterocycles. The zero-order chi connectivity index (χ0) is 34.9. The van der Waals surface area contributed by atoms with E-state index in [1.807, 2.05) is 49.3 Å². The summed E-state index contributed by atoms with van der Waals surface area (Å²) >= 11 is 1.48. The third-order valence-corrected chi connectivity index (χ3v) is 9.95. The number of pyridine rings is 1. The molecule has 48 heavy (non-hydrogen) atoms. The van der Waals surface area contributed by atoms with Crippen LogP contribution in [-0.4, -0.2) is 66.0 Å². The van der Waals surface area contributed by atoms with Crippen LogP contribution in [0, 0.1) is 10.1 Å². The number of unbranched alkanes of at least 4 members (excludes halogenated alkanes) is 1. The van der Waals surface area contributed by atoms with Crippen molar-refractivity contribution in [1.82, 2.24) is 19.7 Å². The predicted octanol–water partition coefficient (Wildman–Crippen LogP) is 6.90. The normalized spacial score (nSPS) is 12.5. The second-order valence-electron chi connectivity index (χ2n) is 11.1. The number of rotatable bonds is 15. The Bertz CT molecular complexity index is 1790. The standard InChI is InChI=1S/C33H34F3N5O5S2/c1-39(2)20-7-6-9-27(23-47-29-11-4-3-5-12-29)38-40(48(45,46)30-13-8-10-28(21-30)41(43)44)32(42)25-16-14-24(15-17-25)31-19-18-26(22-37-31)33(34,35)36/h3-5,8,10-19,21-22,27,38H,6-7,9,20,23H2,1-2H3/t27-/m1/s1. The molecule has 0 saturated carbocycles. The lowest BCUT2D eigenvalue weighted by Crippen LogP contribution is -2.52. The number of carbonyl (C=O) groups is 1. The number of hydrogen-bond acceptors (Lipinski definition) is 9. The van der Waals surface area contributed by atoms with Gasteiger partial charge in [-0.25, -0.2) is 5.43 Å². The zero-order valence-electron chi connectivity index (χ0n) is 26.1. The number of alkyl halides is 3. The van der Waals surface area contributed by atoms with Crippen molar-refractivity contribution in [2.45, 2.75) is 41.3 Å². The molecule has 0 aliphatic rings. The van der Waals surface area contributed by atoms with Gasteiger partial charge in [-0.2, -0.15) is 26.0 Å². The SMILES string of the molecule is CN(C)CCCC[C@H](CSc1ccccc1)NN(C(=O)c1ccc(-c2ccc(C(F)(F)F)cn2)cc1)S(=O)(=O)c1cccc([N+](=O)[O-])c1. The number of nitrogens with zero attached hydrogens (tertiary/aromatic N) is 4. The summed E-state index contributed by atoms with van der Waals surface area (Å²) in [6.07, 6.45) is -1.78. The fraction of sp³-hybridized carbons (Fsp3) is 0.273. The molecule has 0 saturated heterocycles. The van der Waals surface area contributed by atoms with Crippen molar-refractivity contribution < 1.29 is 31.3 Å². The molecule has 0 spiro atoms. The molecule has 254 valence electrons. The average molecular weight is 702 g/mol. The lowest BCUT2D eigenvalue weighted by molar-refractivity contribution is -0.385. The molecule has 0 radical (unpaired) electrons. The maximum Gasteiger partial charge on any atom is 0.417 e. The molecule has 4 rings (SSSR count). The Kier molecular flexibility index (Phi) is 12.3. The number of halogens is 3. The monoisotopic (exact) mass is 701 g/mol. The first-order chi connectivity index (χ1) is 22.8. The van der Waals surface area contributed by atoms with Crippen molar-refractivity contribution >= 4 is 33.4 Å². The van der Waals surface area contributed by atoms with Crippen molar-refractivity contribution in [1.29, 1.82) is 0 Å². The van der Waals surface area contributed by atoms with Crippen LogP contribution in [0.2, 0.25) is 0 Å². The van der Waals surface area contributed by atoms with E-state index in [-0.39, 0.29) is 11.3 Å². The van der Waals surface area contributed by atoms with Crippen LogP contribution in [0.1, 0.15) is 35.2 Å². The van der Waals surface area contributed by atoms with Crippen molar-refractivity contribution in [3.05, 3.63) is 118 Å². The number of carbonyl (C=O) groups excluding carboxylic acids is 1. The second-order valence-corrected chi connectivity index (χ2v) is 14.0. The summed E-state index contributed by atoms with van der Waals surface area (Å²) in [6, 6.07) is 21.1. The molecule has 15 heteroatoms. The van der Waals surface area contributed by atoms with E-state index in [1.165, 1.54) is 54.2 Å². The lowest BCUT2D eigenvalue weighted by Gasteiger charge is -2.29. The molecule has 0 unspecified atom stereocenters. The highest BCUT2D eigenvalue weighted by Gasteiger charge is 2.34. The minimum absolute atomic E-state index is 0.0470. The van der Waals surface area contributed by atoms with Gasteiger partial charge in [-0.3, -0.25) is 19.9 Å². The molecule has 0 aliphatic heterocycles. The van der Waals surface area contributed by atoms with Crippen molar-refractivity contribution in [2.75, 3.05) is 26.4 Å². The molecule has 0 aliphatic carbocycles. The van der Waals surface area contributed by atoms with Gasteiger partial charge in [-0.05, 0) is 75.9 Å². The Morgan fingerprint density at radius 3 is 2.29 bits per heavy atom. The van der Waals surface area contributed by atoms with Crippen LogP contribution < -0.4 is 5.43 Å². The van der Waals surface area contributed by atoms with Crippen LogP contribution >= 0.6 is 11.8 Å². The Hall–Kier alpha value is -4.31. The number of hydrazine groups is 1. The number of thioether (sulfide) groups is 1. The number of amides is 1. The predicted molar refractivity (Wildman–Crippen MR) is 178 cm³/mol. The van der Waals surface area contributed by atoms with Crippen molar-refractivity contribution in [3.63, 3.8) is 0 Å². The van der Waals surface area contributed by atoms with Crippen LogP contribution in [0.4, 0.5) is 18.9 Å². The summed E-state index contributed by atoms with van der Waals surface area (Å²) in [6.45, 7) is 0.813. The molecule has 1 heterocycles. The van der Waals surface area contributed by atoms with Gasteiger partial charge in [0.2, 0.25) is 0 Å². The van der Waals surface area contributed by atoms with Crippen LogP contribution in [0.15, 0.2) is 107 Å². The smallest absolute Gasteiger partial charge is 0.309 e. The van der Waals surface area contributed by atoms with E-state index in [0.717, 1.165) is 42.5 Å². The van der Waals surface area contributed by atoms with Gasteiger partial charge in [0.05, 0.1) is 21.1 Å². The number of nitro benzene ring substituents is 1. The average Bonchev–Trinajstić information content (AvgIpc) is 3.07. The summed E-state index contributed by atoms with van der Waals surface area (Å²) in [7, 11) is -0.775. The molecule has 10 nitrogen and oxygen atoms in total. The number of nitrogens with one attached hydrogen (secondary N) is 1. The highest BCUT2D eigenvalue weighted by atomic mass is 32.2. The van der Waals surface area contributed by atoms with Crippen LogP contribution in [0.25, 0.3) is 11.3 Å². The van der Waals surface area contributed by atoms with Crippen LogP contribution in [-0.2, 0) is 16.2 Å². The summed E-state index contributed by atoms with van der Waals surface area (Å²) in [5.41, 5.74) is 2.14. The quantitative estimate of drug-likeness (QED) is 0.0610. The first-order valence-corrected chi connectivity index (χ1v) is 17.2. The summed E-state index contributed by atoms with van der Waals surface area (Å²) in [5, 5.41) is 11.5. The summed E-state index contributed by atoms with van der Waals surface area (Å²) in [4.78, 5) is 31.2. The number of hydrogen-bond donors (Lipinski definition) is 1. The molecule has 1 atom stereocenters. The molecular weight excluding hydrogens is 668 g/mol. The number of benzene rings is 3. The minimum Gasteiger partial charge on any atom is -0.309 e. The van der Waals surface area contributed by atoms with E-state index in [9.17, 15) is 36.5 Å². The Balaban J connectivity index is 1.67. The van der Waals surface area contributed by atoms with E-state index < -0.39 is 49.2 Å². The van der Waals surface area contributed by atoms with Gasteiger partial charge in [0.15, 0.2) is 0 Å². The molecular formula is C33H34F3N5O5S2. The van der Waals surface area contributed by atoms with Gasteiger partial charge in [0, 0.05) is 46.1 Å². The summed E-state index contributed by atoms with van der Waals surface area (Å²) in [5.74, 6) is -0.546. The second kappa shape index (κ2) is 16.2. The van der Waals surface area contributed by atoms with Crippen molar-refractivity contribution in [2.24, 2.45) is 0 Å². The van der Waals surface area contributed by atoms with E-state index in [0.29, 0.717) is 28.3 Å². The minimum atomic E-state index is -4.68. The van der Waals surface area contributed by atoms with Gasteiger partial charge in [-0.15, -0.1) is 11.8 Å². The molecule has 3 aromatic carbocycles. The van der Waals surface area contributed by atoms with E-state index in [1.54, 1.807) is 0 Å². The van der Waals surface area contributed by atoms with Gasteiger partial charge in [0.25, 0.3) is 21.6 Å². The van der Waals surface area contributed by atoms with Gasteiger partial charge in [0.1, 0.15) is 0 Å². The topological polar surface area (TPSA) is 126 Å². The third kappa shape index (κ3) is 9.86. The van der Waals surface area contributed by atoms with Gasteiger partial charge >= 0.3 is 6.18 Å². The van der Waals surface area contributed by atoms with Crippen molar-refractivity contribution in [3.8, 4) is 11.3 Å². The molecule has 0 fully saturated rings. The molecule has 0 bridgehead atoms. The highest BCUT2D eigenvalue weighted by Crippen LogP contribution is 2.30. The first kappa shape index (κ1) is 36.5. The highest BCUT2D eigenvalue weighted by molar-refractivity contribution is 7.99. The fourth-order valence-corrected chi connectivity index (χ4v) is 6.94. The zero-order valence-corrected chi connectivity index (χ0v) is 27.8. The van der Waals surface area contributed by atoms with Crippen LogP contribution in [0.3, 0.4) is 0 Å². The number of sulfonamides is 1. The van der Waals surface area contributed by atoms with E-state index in [2.05, 4.69) is 10.4 Å². The van der Waals surface area contributed by atoms with Gasteiger partial charge in [-0.1, -0.05) is 42.8 Å². The summed E-state index contributed by atoms with van der Waals surface area (Å²) < 4.78 is 67.6. The largest absolute Gasteiger partial charge is 0.417 e. The maximum absolute atomic E-state index is 14.1. The third-order valence-electron chi connectivity index (χ3n) is 7.17. The maximum atomic E-state index is 14.1. The Morgan fingerprint density at radius 1 is 0.979 bits per heavy atom. The van der Waals surface area contributed by atoms with Gasteiger partial charge < -0.3 is 4.90 Å². The number of non-ortho nitro benzene ring substituents is 1. The lowest BCUT2D eigenvalue weighted by atomic mass is 10.1. The molecule has 1 N–H and O–H groups in total. The fourth-order valence-electron chi connectivity index (χ4n) is 4.62. The molecule has 1 amide bonds.